The predicted molar refractivity (Wildman–Crippen MR) is 70.7 cm³/mol. The number of aromatic nitrogens is 2. The van der Waals surface area contributed by atoms with Crippen molar-refractivity contribution in [1.29, 1.82) is 0 Å². The number of halogens is 1. The lowest BCUT2D eigenvalue weighted by Gasteiger charge is -2.03. The number of nitrogens with one attached hydrogen (secondary N) is 1. The van der Waals surface area contributed by atoms with Crippen molar-refractivity contribution in [1.82, 2.24) is 15.5 Å². The van der Waals surface area contributed by atoms with Gasteiger partial charge in [-0.2, -0.15) is 4.98 Å². The second-order valence-electron chi connectivity index (χ2n) is 4.13. The normalized spacial score (nSPS) is 10.4. The lowest BCUT2D eigenvalue weighted by atomic mass is 10.1. The van der Waals surface area contributed by atoms with Crippen LogP contribution in [0.4, 0.5) is 0 Å². The SMILES string of the molecule is Cc1nc(CNC(=O)CCc2ccc(Cl)cc2)no1. The van der Waals surface area contributed by atoms with Crippen LogP contribution < -0.4 is 5.32 Å². The van der Waals surface area contributed by atoms with Gasteiger partial charge in [0.1, 0.15) is 0 Å². The Morgan fingerprint density at radius 1 is 1.37 bits per heavy atom. The fourth-order valence-corrected chi connectivity index (χ4v) is 1.71. The number of benzene rings is 1. The Balaban J connectivity index is 1.74. The summed E-state index contributed by atoms with van der Waals surface area (Å²) in [6.45, 7) is 2.00. The van der Waals surface area contributed by atoms with Crippen LogP contribution in [0.3, 0.4) is 0 Å². The average Bonchev–Trinajstić information content (AvgIpc) is 2.81. The Bertz CT molecular complexity index is 551. The highest BCUT2D eigenvalue weighted by atomic mass is 35.5. The molecule has 0 radical (unpaired) electrons. The predicted octanol–water partition coefficient (Wildman–Crippen LogP) is 2.28. The quantitative estimate of drug-likeness (QED) is 0.912. The molecule has 2 rings (SSSR count). The van der Waals surface area contributed by atoms with Gasteiger partial charge in [-0.05, 0) is 24.1 Å². The van der Waals surface area contributed by atoms with Crippen molar-refractivity contribution in [2.45, 2.75) is 26.3 Å². The summed E-state index contributed by atoms with van der Waals surface area (Å²) < 4.78 is 4.81. The molecule has 1 N–H and O–H groups in total. The molecule has 0 saturated heterocycles. The van der Waals surface area contributed by atoms with Crippen molar-refractivity contribution >= 4 is 17.5 Å². The first-order valence-electron chi connectivity index (χ1n) is 5.94. The average molecular weight is 280 g/mol. The Morgan fingerprint density at radius 3 is 2.74 bits per heavy atom. The van der Waals surface area contributed by atoms with E-state index in [4.69, 9.17) is 16.1 Å². The van der Waals surface area contributed by atoms with E-state index in [9.17, 15) is 4.79 Å². The maximum atomic E-state index is 11.6. The second-order valence-corrected chi connectivity index (χ2v) is 4.57. The van der Waals surface area contributed by atoms with Crippen molar-refractivity contribution in [3.8, 4) is 0 Å². The van der Waals surface area contributed by atoms with Crippen LogP contribution in [0.2, 0.25) is 5.02 Å². The van der Waals surface area contributed by atoms with Gasteiger partial charge in [-0.25, -0.2) is 0 Å². The van der Waals surface area contributed by atoms with Crippen LogP contribution in [0.25, 0.3) is 0 Å². The number of carbonyl (C=O) groups excluding carboxylic acids is 1. The summed E-state index contributed by atoms with van der Waals surface area (Å²) in [6.07, 6.45) is 1.09. The molecule has 0 unspecified atom stereocenters. The third-order valence-electron chi connectivity index (χ3n) is 2.57. The highest BCUT2D eigenvalue weighted by molar-refractivity contribution is 6.30. The van der Waals surface area contributed by atoms with E-state index in [-0.39, 0.29) is 12.5 Å². The summed E-state index contributed by atoms with van der Waals surface area (Å²) in [6, 6.07) is 7.46. The summed E-state index contributed by atoms with van der Waals surface area (Å²) in [4.78, 5) is 15.6. The van der Waals surface area contributed by atoms with Gasteiger partial charge in [-0.3, -0.25) is 4.79 Å². The van der Waals surface area contributed by atoms with Crippen LogP contribution in [0.5, 0.6) is 0 Å². The third-order valence-corrected chi connectivity index (χ3v) is 2.82. The fraction of sp³-hybridized carbons (Fsp3) is 0.308. The van der Waals surface area contributed by atoms with Crippen LogP contribution in [0.15, 0.2) is 28.8 Å². The van der Waals surface area contributed by atoms with Crippen LogP contribution in [-0.4, -0.2) is 16.0 Å². The number of aryl methyl sites for hydroxylation is 2. The van der Waals surface area contributed by atoms with Crippen molar-refractivity contribution in [3.63, 3.8) is 0 Å². The third kappa shape index (κ3) is 4.37. The van der Waals surface area contributed by atoms with E-state index >= 15 is 0 Å². The highest BCUT2D eigenvalue weighted by Crippen LogP contribution is 2.10. The Labute approximate surface area is 116 Å². The van der Waals surface area contributed by atoms with Gasteiger partial charge in [0.15, 0.2) is 5.82 Å². The highest BCUT2D eigenvalue weighted by Gasteiger charge is 2.06. The van der Waals surface area contributed by atoms with Crippen molar-refractivity contribution in [2.75, 3.05) is 0 Å². The molecule has 0 saturated carbocycles. The standard InChI is InChI=1S/C13H14ClN3O2/c1-9-16-12(17-19-9)8-15-13(18)7-4-10-2-5-11(14)6-3-10/h2-3,5-6H,4,7-8H2,1H3,(H,15,18). The smallest absolute Gasteiger partial charge is 0.223 e. The molecule has 0 atom stereocenters. The molecule has 1 amide bonds. The first kappa shape index (κ1) is 13.5. The second kappa shape index (κ2) is 6.33. The van der Waals surface area contributed by atoms with E-state index in [1.165, 1.54) is 0 Å². The summed E-state index contributed by atoms with van der Waals surface area (Å²) in [5.41, 5.74) is 1.08. The van der Waals surface area contributed by atoms with Gasteiger partial charge in [-0.15, -0.1) is 0 Å². The molecule has 1 aromatic carbocycles. The molecule has 0 aliphatic carbocycles. The molecular weight excluding hydrogens is 266 g/mol. The molecule has 6 heteroatoms. The largest absolute Gasteiger partial charge is 0.349 e. The molecule has 0 aliphatic heterocycles. The summed E-state index contributed by atoms with van der Waals surface area (Å²) in [5, 5.41) is 7.14. The molecule has 1 heterocycles. The minimum absolute atomic E-state index is 0.0441. The van der Waals surface area contributed by atoms with Gasteiger partial charge >= 0.3 is 0 Å². The van der Waals surface area contributed by atoms with Crippen molar-refractivity contribution in [3.05, 3.63) is 46.6 Å². The summed E-state index contributed by atoms with van der Waals surface area (Å²) in [5.74, 6) is 0.931. The molecule has 0 bridgehead atoms. The molecule has 0 fully saturated rings. The molecule has 0 spiro atoms. The van der Waals surface area contributed by atoms with E-state index in [2.05, 4.69) is 15.5 Å². The molecule has 100 valence electrons. The number of carbonyl (C=O) groups is 1. The van der Waals surface area contributed by atoms with E-state index in [0.29, 0.717) is 29.6 Å². The van der Waals surface area contributed by atoms with Gasteiger partial charge in [0.2, 0.25) is 11.8 Å². The number of rotatable bonds is 5. The van der Waals surface area contributed by atoms with E-state index < -0.39 is 0 Å². The molecule has 19 heavy (non-hydrogen) atoms. The first-order chi connectivity index (χ1) is 9.13. The topological polar surface area (TPSA) is 68.0 Å². The summed E-state index contributed by atoms with van der Waals surface area (Å²) in [7, 11) is 0. The summed E-state index contributed by atoms with van der Waals surface area (Å²) >= 11 is 5.79. The number of hydrogen-bond donors (Lipinski definition) is 1. The molecule has 0 aliphatic rings. The maximum absolute atomic E-state index is 11.6. The lowest BCUT2D eigenvalue weighted by molar-refractivity contribution is -0.121. The lowest BCUT2D eigenvalue weighted by Crippen LogP contribution is -2.23. The van der Waals surface area contributed by atoms with Gasteiger partial charge in [-0.1, -0.05) is 28.9 Å². The maximum Gasteiger partial charge on any atom is 0.223 e. The zero-order valence-corrected chi connectivity index (χ0v) is 11.3. The van der Waals surface area contributed by atoms with Crippen LogP contribution >= 0.6 is 11.6 Å². The zero-order valence-electron chi connectivity index (χ0n) is 10.5. The van der Waals surface area contributed by atoms with Gasteiger partial charge in [0.25, 0.3) is 0 Å². The molecule has 2 aromatic rings. The van der Waals surface area contributed by atoms with E-state index in [0.717, 1.165) is 5.56 Å². The van der Waals surface area contributed by atoms with Crippen molar-refractivity contribution < 1.29 is 9.32 Å². The minimum Gasteiger partial charge on any atom is -0.349 e. The Kier molecular flexibility index (Phi) is 4.52. The van der Waals surface area contributed by atoms with E-state index in [1.54, 1.807) is 6.92 Å². The Hall–Kier alpha value is -1.88. The van der Waals surface area contributed by atoms with Crippen LogP contribution in [0.1, 0.15) is 23.7 Å². The molecule has 1 aromatic heterocycles. The van der Waals surface area contributed by atoms with E-state index in [1.807, 2.05) is 24.3 Å². The Morgan fingerprint density at radius 2 is 2.11 bits per heavy atom. The molecule has 5 nitrogen and oxygen atoms in total. The monoisotopic (exact) mass is 279 g/mol. The zero-order chi connectivity index (χ0) is 13.7. The fourth-order valence-electron chi connectivity index (χ4n) is 1.59. The van der Waals surface area contributed by atoms with Gasteiger partial charge in [0, 0.05) is 18.4 Å². The van der Waals surface area contributed by atoms with Gasteiger partial charge < -0.3 is 9.84 Å². The number of amides is 1. The van der Waals surface area contributed by atoms with Crippen LogP contribution in [0, 0.1) is 6.92 Å². The minimum atomic E-state index is -0.0441. The van der Waals surface area contributed by atoms with Gasteiger partial charge in [0.05, 0.1) is 6.54 Å². The van der Waals surface area contributed by atoms with Crippen LogP contribution in [-0.2, 0) is 17.8 Å². The number of hydrogen-bond acceptors (Lipinski definition) is 4. The number of nitrogens with zero attached hydrogens (tertiary/aromatic N) is 2. The molecular formula is C13H14ClN3O2. The van der Waals surface area contributed by atoms with Crippen molar-refractivity contribution in [2.24, 2.45) is 0 Å². The first-order valence-corrected chi connectivity index (χ1v) is 6.31.